The number of nitrogens with zero attached hydrogens (tertiary/aromatic N) is 1. The molecule has 0 bridgehead atoms. The van der Waals surface area contributed by atoms with Crippen LogP contribution in [0.15, 0.2) is 36.2 Å². The number of aromatic nitrogens is 1. The topological polar surface area (TPSA) is 99.6 Å². The second-order valence-corrected chi connectivity index (χ2v) is 12.4. The van der Waals surface area contributed by atoms with Crippen LogP contribution in [0.5, 0.6) is 0 Å². The highest BCUT2D eigenvalue weighted by molar-refractivity contribution is 6.25. The number of rotatable bonds is 5. The van der Waals surface area contributed by atoms with E-state index in [2.05, 4.69) is 11.9 Å². The highest BCUT2D eigenvalue weighted by atomic mass is 35.5. The monoisotopic (exact) mass is 527 g/mol. The number of hydrogen-bond acceptors (Lipinski definition) is 7. The van der Waals surface area contributed by atoms with Gasteiger partial charge in [-0.3, -0.25) is 19.4 Å². The fourth-order valence-electron chi connectivity index (χ4n) is 8.12. The van der Waals surface area contributed by atoms with Gasteiger partial charge in [0.2, 0.25) is 5.78 Å². The maximum Gasteiger partial charge on any atom is 0.340 e. The lowest BCUT2D eigenvalue weighted by Crippen LogP contribution is -2.64. The third-order valence-corrected chi connectivity index (χ3v) is 11.1. The molecular weight excluding hydrogens is 494 g/mol. The van der Waals surface area contributed by atoms with Gasteiger partial charge in [0, 0.05) is 36.6 Å². The molecule has 0 unspecified atom stereocenters. The lowest BCUT2D eigenvalue weighted by Gasteiger charge is -2.63. The van der Waals surface area contributed by atoms with Crippen LogP contribution in [0.4, 0.5) is 0 Å². The normalized spacial score (nSPS) is 38.5. The minimum Gasteiger partial charge on any atom is -0.458 e. The second-order valence-electron chi connectivity index (χ2n) is 11.7. The summed E-state index contributed by atoms with van der Waals surface area (Å²) in [5.41, 5.74) is -0.975. The van der Waals surface area contributed by atoms with E-state index in [1.165, 1.54) is 13.1 Å². The van der Waals surface area contributed by atoms with Crippen LogP contribution in [0.3, 0.4) is 0 Å². The number of carbonyl (C=O) groups excluding carboxylic acids is 4. The fraction of sp³-hybridized carbons (Fsp3) is 0.621. The number of hydrogen-bond donors (Lipinski definition) is 0. The Labute approximate surface area is 222 Å². The quantitative estimate of drug-likeness (QED) is 0.392. The minimum atomic E-state index is -1.43. The van der Waals surface area contributed by atoms with Gasteiger partial charge in [-0.05, 0) is 75.0 Å². The molecule has 1 aromatic heterocycles. The number of carbonyl (C=O) groups is 4. The Morgan fingerprint density at radius 3 is 2.57 bits per heavy atom. The minimum absolute atomic E-state index is 0.0396. The van der Waals surface area contributed by atoms with Crippen LogP contribution >= 0.6 is 11.6 Å². The summed E-state index contributed by atoms with van der Waals surface area (Å²) < 4.78 is 11.3. The Balaban J connectivity index is 1.52. The van der Waals surface area contributed by atoms with Gasteiger partial charge in [-0.15, -0.1) is 11.6 Å². The number of allylic oxidation sites excluding steroid dienone is 1. The standard InChI is InChI=1S/C29H34ClNO6/c1-18(32)36-17-24(34)29(37-25(35)19-5-4-14-31-16-19)11-9-22-23-7-6-20-15-21(33)8-10-26(20,2)28(23,30)13-12-27(22,29)3/h4-5,14-16,22-23H,6-13,17H2,1-3H3/t22-,23-,26-,27-,28+,29-/m0/s1. The molecule has 0 amide bonds. The number of ether oxygens (including phenoxy) is 2. The first-order valence-corrected chi connectivity index (χ1v) is 13.6. The summed E-state index contributed by atoms with van der Waals surface area (Å²) in [6.45, 7) is 5.05. The van der Waals surface area contributed by atoms with Crippen LogP contribution in [0.25, 0.3) is 0 Å². The molecule has 37 heavy (non-hydrogen) atoms. The molecule has 198 valence electrons. The van der Waals surface area contributed by atoms with Crippen molar-refractivity contribution in [3.63, 3.8) is 0 Å². The van der Waals surface area contributed by atoms with Crippen LogP contribution in [0.2, 0.25) is 0 Å². The summed E-state index contributed by atoms with van der Waals surface area (Å²) in [6, 6.07) is 3.26. The molecule has 6 atom stereocenters. The summed E-state index contributed by atoms with van der Waals surface area (Å²) in [5, 5.41) is 0. The zero-order valence-corrected chi connectivity index (χ0v) is 22.4. The lowest BCUT2D eigenvalue weighted by molar-refractivity contribution is -0.169. The number of alkyl halides is 1. The van der Waals surface area contributed by atoms with Crippen molar-refractivity contribution in [3.05, 3.63) is 41.7 Å². The van der Waals surface area contributed by atoms with E-state index in [0.717, 1.165) is 24.8 Å². The molecule has 0 spiro atoms. The van der Waals surface area contributed by atoms with Crippen LogP contribution in [-0.2, 0) is 23.9 Å². The largest absolute Gasteiger partial charge is 0.458 e. The maximum atomic E-state index is 13.8. The summed E-state index contributed by atoms with van der Waals surface area (Å²) in [7, 11) is 0. The van der Waals surface area contributed by atoms with Gasteiger partial charge < -0.3 is 9.47 Å². The third-order valence-electron chi connectivity index (χ3n) is 10.2. The molecule has 4 aliphatic carbocycles. The molecule has 3 saturated carbocycles. The Kier molecular flexibility index (Phi) is 6.37. The first kappa shape index (κ1) is 26.1. The van der Waals surface area contributed by atoms with Gasteiger partial charge >= 0.3 is 11.9 Å². The van der Waals surface area contributed by atoms with Crippen molar-refractivity contribution in [2.24, 2.45) is 22.7 Å². The van der Waals surface area contributed by atoms with E-state index in [9.17, 15) is 19.2 Å². The van der Waals surface area contributed by atoms with Crippen molar-refractivity contribution in [3.8, 4) is 0 Å². The second kappa shape index (κ2) is 9.04. The number of Topliss-reactive ketones (excluding diaryl/α,β-unsaturated/α-hetero) is 1. The average Bonchev–Trinajstić information content (AvgIpc) is 3.17. The Morgan fingerprint density at radius 1 is 1.08 bits per heavy atom. The molecule has 4 aliphatic rings. The van der Waals surface area contributed by atoms with Crippen molar-refractivity contribution in [2.75, 3.05) is 6.61 Å². The smallest absolute Gasteiger partial charge is 0.340 e. The molecule has 0 radical (unpaired) electrons. The molecule has 0 aromatic carbocycles. The predicted molar refractivity (Wildman–Crippen MR) is 136 cm³/mol. The van der Waals surface area contributed by atoms with E-state index in [-0.39, 0.29) is 28.6 Å². The molecule has 0 N–H and O–H groups in total. The van der Waals surface area contributed by atoms with Gasteiger partial charge in [0.15, 0.2) is 18.0 Å². The molecule has 0 saturated heterocycles. The Bertz CT molecular complexity index is 1180. The first-order chi connectivity index (χ1) is 17.5. The van der Waals surface area contributed by atoms with Gasteiger partial charge in [-0.25, -0.2) is 4.79 Å². The number of fused-ring (bicyclic) bond motifs is 5. The number of esters is 2. The SMILES string of the molecule is CC(=O)OCC(=O)[C@@]1(OC(=O)c2cccnc2)CC[C@H]2[C@@H]3CCC4=CC(=O)CC[C@]4(C)[C@@]3(Cl)CC[C@@]21C. The third kappa shape index (κ3) is 3.79. The van der Waals surface area contributed by atoms with Crippen molar-refractivity contribution in [2.45, 2.75) is 82.6 Å². The molecule has 1 aromatic rings. The molecule has 8 heteroatoms. The van der Waals surface area contributed by atoms with Gasteiger partial charge in [0.25, 0.3) is 0 Å². The highest BCUT2D eigenvalue weighted by Gasteiger charge is 2.72. The summed E-state index contributed by atoms with van der Waals surface area (Å²) >= 11 is 7.62. The van der Waals surface area contributed by atoms with Crippen molar-refractivity contribution < 1.29 is 28.7 Å². The van der Waals surface area contributed by atoms with Crippen LogP contribution < -0.4 is 0 Å². The molecule has 1 heterocycles. The zero-order valence-electron chi connectivity index (χ0n) is 21.7. The summed E-state index contributed by atoms with van der Waals surface area (Å²) in [6.07, 6.45) is 9.91. The predicted octanol–water partition coefficient (Wildman–Crippen LogP) is 5.00. The van der Waals surface area contributed by atoms with E-state index >= 15 is 0 Å². The number of pyridine rings is 1. The van der Waals surface area contributed by atoms with E-state index < -0.39 is 40.2 Å². The Morgan fingerprint density at radius 2 is 1.86 bits per heavy atom. The van der Waals surface area contributed by atoms with E-state index in [1.807, 2.05) is 13.0 Å². The van der Waals surface area contributed by atoms with Crippen molar-refractivity contribution in [1.29, 1.82) is 0 Å². The summed E-state index contributed by atoms with van der Waals surface area (Å²) in [4.78, 5) is 54.4. The number of ketones is 2. The zero-order chi connectivity index (χ0) is 26.6. The van der Waals surface area contributed by atoms with E-state index in [4.69, 9.17) is 21.1 Å². The maximum absolute atomic E-state index is 13.8. The van der Waals surface area contributed by atoms with Gasteiger partial charge in [0.05, 0.1) is 10.4 Å². The van der Waals surface area contributed by atoms with Crippen molar-refractivity contribution >= 4 is 35.1 Å². The van der Waals surface area contributed by atoms with Crippen molar-refractivity contribution in [1.82, 2.24) is 4.98 Å². The molecular formula is C29H34ClNO6. The van der Waals surface area contributed by atoms with Gasteiger partial charge in [0.1, 0.15) is 0 Å². The average molecular weight is 528 g/mol. The van der Waals surface area contributed by atoms with Crippen LogP contribution in [0, 0.1) is 22.7 Å². The number of halogens is 1. The highest BCUT2D eigenvalue weighted by Crippen LogP contribution is 2.71. The van der Waals surface area contributed by atoms with E-state index in [0.29, 0.717) is 32.1 Å². The lowest BCUT2D eigenvalue weighted by atomic mass is 9.45. The van der Waals surface area contributed by atoms with Gasteiger partial charge in [-0.1, -0.05) is 19.4 Å². The Hall–Kier alpha value is -2.54. The molecule has 3 fully saturated rings. The molecule has 5 rings (SSSR count). The van der Waals surface area contributed by atoms with E-state index in [1.54, 1.807) is 18.3 Å². The van der Waals surface area contributed by atoms with Gasteiger partial charge in [-0.2, -0.15) is 0 Å². The van der Waals surface area contributed by atoms with Crippen LogP contribution in [-0.4, -0.2) is 45.6 Å². The van der Waals surface area contributed by atoms with Crippen LogP contribution in [0.1, 0.15) is 82.5 Å². The molecule has 7 nitrogen and oxygen atoms in total. The fourth-order valence-corrected chi connectivity index (χ4v) is 8.69. The summed E-state index contributed by atoms with van der Waals surface area (Å²) in [5.74, 6) is -1.25. The molecule has 0 aliphatic heterocycles. The first-order valence-electron chi connectivity index (χ1n) is 13.2.